The van der Waals surface area contributed by atoms with Crippen LogP contribution in [0.25, 0.3) is 27.9 Å². The molecule has 2 fully saturated rings. The van der Waals surface area contributed by atoms with Crippen molar-refractivity contribution in [3.8, 4) is 11.3 Å². The first kappa shape index (κ1) is 22.9. The molecule has 1 aliphatic heterocycles. The van der Waals surface area contributed by atoms with E-state index in [0.29, 0.717) is 42.4 Å². The Morgan fingerprint density at radius 2 is 2.17 bits per heavy atom. The molecule has 4 aromatic heterocycles. The fourth-order valence-corrected chi connectivity index (χ4v) is 5.12. The fraction of sp³-hybridized carbons (Fsp3) is 0.440. The van der Waals surface area contributed by atoms with Crippen molar-refractivity contribution in [1.82, 2.24) is 29.5 Å². The molecular weight excluding hydrogens is 462 g/mol. The highest BCUT2D eigenvalue weighted by Crippen LogP contribution is 2.35. The Morgan fingerprint density at radius 3 is 2.92 bits per heavy atom. The van der Waals surface area contributed by atoms with E-state index in [2.05, 4.69) is 31.5 Å². The number of aliphatic hydroxyl groups is 1. The lowest BCUT2D eigenvalue weighted by atomic mass is 9.89. The maximum absolute atomic E-state index is 13.0. The number of ether oxygens (including phenoxy) is 2. The van der Waals surface area contributed by atoms with Gasteiger partial charge in [-0.05, 0) is 31.4 Å². The quantitative estimate of drug-likeness (QED) is 0.374. The minimum atomic E-state index is -0.507. The number of carbonyl (C=O) groups is 1. The summed E-state index contributed by atoms with van der Waals surface area (Å²) in [5.74, 6) is 0.401. The molecule has 1 saturated carbocycles. The van der Waals surface area contributed by atoms with Crippen LogP contribution in [0.1, 0.15) is 35.7 Å². The van der Waals surface area contributed by atoms with Crippen LogP contribution in [-0.2, 0) is 9.47 Å². The molecule has 4 atom stereocenters. The van der Waals surface area contributed by atoms with E-state index in [4.69, 9.17) is 14.5 Å². The topological polar surface area (TPSA) is 128 Å². The summed E-state index contributed by atoms with van der Waals surface area (Å²) in [6, 6.07) is 5.70. The van der Waals surface area contributed by atoms with Crippen LogP contribution < -0.4 is 10.6 Å². The Hall–Kier alpha value is -3.54. The van der Waals surface area contributed by atoms with Crippen LogP contribution in [0.3, 0.4) is 0 Å². The van der Waals surface area contributed by atoms with E-state index >= 15 is 0 Å². The number of nitrogens with one attached hydrogen (secondary N) is 2. The van der Waals surface area contributed by atoms with E-state index in [1.54, 1.807) is 24.9 Å². The lowest BCUT2D eigenvalue weighted by Gasteiger charge is -2.32. The minimum absolute atomic E-state index is 0.0765. The third-order valence-corrected chi connectivity index (χ3v) is 7.32. The number of nitrogens with zero attached hydrogens (tertiary/aromatic N) is 5. The summed E-state index contributed by atoms with van der Waals surface area (Å²) in [7, 11) is 3.51. The summed E-state index contributed by atoms with van der Waals surface area (Å²) < 4.78 is 15.1. The molecule has 0 radical (unpaired) electrons. The van der Waals surface area contributed by atoms with Crippen LogP contribution in [0.2, 0.25) is 0 Å². The zero-order chi connectivity index (χ0) is 24.8. The molecule has 2 aliphatic rings. The van der Waals surface area contributed by atoms with Gasteiger partial charge in [-0.3, -0.25) is 4.79 Å². The second-order valence-corrected chi connectivity index (χ2v) is 9.32. The number of fused-ring (bicyclic) bond motifs is 2. The number of methoxy groups -OCH3 is 1. The summed E-state index contributed by atoms with van der Waals surface area (Å²) in [4.78, 5) is 22.6. The van der Waals surface area contributed by atoms with Crippen molar-refractivity contribution in [2.45, 2.75) is 43.6 Å². The SMILES string of the molecule is CNc1cc(-c2cn([C@H]3CCOC[C@@H]3OC)c3ncccc23)nc2c(C(=O)N[C@@H]3CC[C@@H]3O)cnn12. The van der Waals surface area contributed by atoms with E-state index in [-0.39, 0.29) is 24.1 Å². The molecular formula is C25H29N7O4. The smallest absolute Gasteiger partial charge is 0.257 e. The van der Waals surface area contributed by atoms with Crippen LogP contribution >= 0.6 is 0 Å². The van der Waals surface area contributed by atoms with Gasteiger partial charge < -0.3 is 29.8 Å². The monoisotopic (exact) mass is 491 g/mol. The van der Waals surface area contributed by atoms with Crippen molar-refractivity contribution in [2.24, 2.45) is 0 Å². The summed E-state index contributed by atoms with van der Waals surface area (Å²) >= 11 is 0. The standard InChI is InChI=1S/C25H29N7O4/c1-26-22-10-18(29-24-15(11-28-32(22)24)25(34)30-17-5-6-20(17)33)16-12-31(23-14(16)4-3-8-27-23)19-7-9-36-13-21(19)35-2/h3-4,8,10-12,17,19-21,26,33H,5-7,9,13H2,1-2H3,(H,30,34)/t17-,19+,20+,21+/m1/s1. The van der Waals surface area contributed by atoms with E-state index in [1.165, 1.54) is 6.20 Å². The predicted octanol–water partition coefficient (Wildman–Crippen LogP) is 2.02. The van der Waals surface area contributed by atoms with Gasteiger partial charge in [0, 0.05) is 50.2 Å². The molecule has 0 aromatic carbocycles. The van der Waals surface area contributed by atoms with Crippen molar-refractivity contribution < 1.29 is 19.4 Å². The molecule has 11 heteroatoms. The van der Waals surface area contributed by atoms with Crippen molar-refractivity contribution in [3.63, 3.8) is 0 Å². The first-order chi connectivity index (χ1) is 17.6. The maximum atomic E-state index is 13.0. The molecule has 1 saturated heterocycles. The molecule has 5 heterocycles. The van der Waals surface area contributed by atoms with Crippen molar-refractivity contribution in [2.75, 3.05) is 32.7 Å². The van der Waals surface area contributed by atoms with E-state index in [9.17, 15) is 9.90 Å². The van der Waals surface area contributed by atoms with Gasteiger partial charge in [-0.1, -0.05) is 0 Å². The molecule has 6 rings (SSSR count). The van der Waals surface area contributed by atoms with E-state index in [1.807, 2.05) is 18.2 Å². The highest BCUT2D eigenvalue weighted by molar-refractivity contribution is 6.01. The van der Waals surface area contributed by atoms with Crippen LogP contribution in [-0.4, -0.2) is 80.8 Å². The van der Waals surface area contributed by atoms with Crippen LogP contribution in [0.15, 0.2) is 36.8 Å². The third kappa shape index (κ3) is 3.71. The molecule has 1 aliphatic carbocycles. The largest absolute Gasteiger partial charge is 0.391 e. The number of hydrogen-bond donors (Lipinski definition) is 3. The van der Waals surface area contributed by atoms with Crippen molar-refractivity contribution in [1.29, 1.82) is 0 Å². The number of pyridine rings is 1. The number of amides is 1. The first-order valence-corrected chi connectivity index (χ1v) is 12.2. The number of aromatic nitrogens is 5. The summed E-state index contributed by atoms with van der Waals surface area (Å²) in [5, 5.41) is 21.3. The lowest BCUT2D eigenvalue weighted by molar-refractivity contribution is -0.0592. The first-order valence-electron chi connectivity index (χ1n) is 12.2. The van der Waals surface area contributed by atoms with Gasteiger partial charge in [-0.2, -0.15) is 9.61 Å². The third-order valence-electron chi connectivity index (χ3n) is 7.32. The molecule has 0 spiro atoms. The average Bonchev–Trinajstić information content (AvgIpc) is 3.52. The Labute approximate surface area is 207 Å². The zero-order valence-corrected chi connectivity index (χ0v) is 20.2. The van der Waals surface area contributed by atoms with Gasteiger partial charge in [0.25, 0.3) is 5.91 Å². The van der Waals surface area contributed by atoms with Gasteiger partial charge in [-0.15, -0.1) is 0 Å². The zero-order valence-electron chi connectivity index (χ0n) is 20.2. The Kier molecular flexibility index (Phi) is 5.82. The molecule has 1 amide bonds. The van der Waals surface area contributed by atoms with Crippen LogP contribution in [0.5, 0.6) is 0 Å². The molecule has 0 unspecified atom stereocenters. The second kappa shape index (κ2) is 9.16. The number of hydrogen-bond acceptors (Lipinski definition) is 8. The molecule has 36 heavy (non-hydrogen) atoms. The predicted molar refractivity (Wildman–Crippen MR) is 133 cm³/mol. The number of rotatable bonds is 6. The summed E-state index contributed by atoms with van der Waals surface area (Å²) in [5.41, 5.74) is 3.25. The maximum Gasteiger partial charge on any atom is 0.257 e. The second-order valence-electron chi connectivity index (χ2n) is 9.32. The summed E-state index contributed by atoms with van der Waals surface area (Å²) in [6.45, 7) is 1.19. The molecule has 3 N–H and O–H groups in total. The van der Waals surface area contributed by atoms with Gasteiger partial charge in [0.05, 0.1) is 36.7 Å². The van der Waals surface area contributed by atoms with E-state index in [0.717, 1.165) is 29.4 Å². The highest BCUT2D eigenvalue weighted by atomic mass is 16.5. The van der Waals surface area contributed by atoms with Crippen LogP contribution in [0.4, 0.5) is 5.82 Å². The lowest BCUT2D eigenvalue weighted by Crippen LogP contribution is -2.50. The van der Waals surface area contributed by atoms with Gasteiger partial charge >= 0.3 is 0 Å². The van der Waals surface area contributed by atoms with Crippen LogP contribution in [0, 0.1) is 0 Å². The molecule has 11 nitrogen and oxygen atoms in total. The van der Waals surface area contributed by atoms with Gasteiger partial charge in [0.1, 0.15) is 23.1 Å². The minimum Gasteiger partial charge on any atom is -0.391 e. The van der Waals surface area contributed by atoms with Gasteiger partial charge in [-0.25, -0.2) is 9.97 Å². The average molecular weight is 492 g/mol. The van der Waals surface area contributed by atoms with Crippen molar-refractivity contribution in [3.05, 3.63) is 42.4 Å². The number of carbonyl (C=O) groups excluding carboxylic acids is 1. The highest BCUT2D eigenvalue weighted by Gasteiger charge is 2.32. The number of aliphatic hydroxyl groups excluding tert-OH is 1. The van der Waals surface area contributed by atoms with Gasteiger partial charge in [0.15, 0.2) is 5.65 Å². The van der Waals surface area contributed by atoms with Gasteiger partial charge in [0.2, 0.25) is 0 Å². The normalized spacial score (nSPS) is 24.1. The fourth-order valence-electron chi connectivity index (χ4n) is 5.12. The van der Waals surface area contributed by atoms with Crippen molar-refractivity contribution >= 4 is 28.4 Å². The Bertz CT molecular complexity index is 1430. The molecule has 0 bridgehead atoms. The Balaban J connectivity index is 1.47. The van der Waals surface area contributed by atoms with E-state index < -0.39 is 6.10 Å². The summed E-state index contributed by atoms with van der Waals surface area (Å²) in [6.07, 6.45) is 7.04. The Morgan fingerprint density at radius 1 is 1.28 bits per heavy atom. The molecule has 188 valence electrons. The number of anilines is 1. The molecule has 4 aromatic rings.